The first-order chi connectivity index (χ1) is 12.1. The summed E-state index contributed by atoms with van der Waals surface area (Å²) in [5, 5.41) is 16.3. The number of hydrogen-bond donors (Lipinski definition) is 3. The van der Waals surface area contributed by atoms with Crippen LogP contribution in [0.2, 0.25) is 5.02 Å². The van der Waals surface area contributed by atoms with Crippen molar-refractivity contribution >= 4 is 29.3 Å². The van der Waals surface area contributed by atoms with Crippen molar-refractivity contribution in [2.75, 3.05) is 19.6 Å². The molecule has 6 heteroatoms. The number of amides is 1. The molecule has 3 N–H and O–H groups in total. The molecule has 3 rings (SSSR count). The van der Waals surface area contributed by atoms with Crippen LogP contribution in [0.5, 0.6) is 0 Å². The van der Waals surface area contributed by atoms with Gasteiger partial charge >= 0.3 is 0 Å². The van der Waals surface area contributed by atoms with E-state index >= 15 is 0 Å². The van der Waals surface area contributed by atoms with Crippen LogP contribution in [0, 0.1) is 5.92 Å². The summed E-state index contributed by atoms with van der Waals surface area (Å²) in [6.45, 7) is 1.76. The molecule has 0 aromatic heterocycles. The van der Waals surface area contributed by atoms with Crippen molar-refractivity contribution in [3.05, 3.63) is 65.2 Å². The minimum atomic E-state index is -0.410. The maximum absolute atomic E-state index is 12.8. The van der Waals surface area contributed by atoms with Gasteiger partial charge in [-0.1, -0.05) is 54.1 Å². The molecule has 0 spiro atoms. The summed E-state index contributed by atoms with van der Waals surface area (Å²) in [4.78, 5) is 13.7. The van der Waals surface area contributed by atoms with E-state index in [1.807, 2.05) is 54.6 Å². The zero-order chi connectivity index (χ0) is 17.6. The third-order valence-corrected chi connectivity index (χ3v) is 6.04. The Morgan fingerprint density at radius 1 is 1.20 bits per heavy atom. The third kappa shape index (κ3) is 4.76. The van der Waals surface area contributed by atoms with Crippen molar-refractivity contribution in [3.63, 3.8) is 0 Å². The SMILES string of the molecule is O=C(NCC1CNCC1O)C(Sc1ccccc1Cl)c1ccccc1. The van der Waals surface area contributed by atoms with E-state index in [-0.39, 0.29) is 11.8 Å². The number of benzene rings is 2. The van der Waals surface area contributed by atoms with Gasteiger partial charge in [0.25, 0.3) is 0 Å². The molecule has 132 valence electrons. The Hall–Kier alpha value is -1.53. The first-order valence-corrected chi connectivity index (χ1v) is 9.53. The summed E-state index contributed by atoms with van der Waals surface area (Å²) in [6.07, 6.45) is -0.410. The topological polar surface area (TPSA) is 61.4 Å². The van der Waals surface area contributed by atoms with E-state index < -0.39 is 11.4 Å². The van der Waals surface area contributed by atoms with E-state index in [9.17, 15) is 9.90 Å². The van der Waals surface area contributed by atoms with Crippen LogP contribution >= 0.6 is 23.4 Å². The summed E-state index contributed by atoms with van der Waals surface area (Å²) >= 11 is 7.70. The van der Waals surface area contributed by atoms with E-state index in [1.165, 1.54) is 11.8 Å². The number of hydrogen-bond acceptors (Lipinski definition) is 4. The molecule has 1 aliphatic heterocycles. The quantitative estimate of drug-likeness (QED) is 0.678. The van der Waals surface area contributed by atoms with Gasteiger partial charge in [0.1, 0.15) is 5.25 Å². The van der Waals surface area contributed by atoms with Crippen molar-refractivity contribution in [2.45, 2.75) is 16.2 Å². The minimum Gasteiger partial charge on any atom is -0.391 e. The maximum Gasteiger partial charge on any atom is 0.238 e. The lowest BCUT2D eigenvalue weighted by Crippen LogP contribution is -2.36. The highest BCUT2D eigenvalue weighted by Crippen LogP contribution is 2.38. The summed E-state index contributed by atoms with van der Waals surface area (Å²) in [5.41, 5.74) is 0.926. The van der Waals surface area contributed by atoms with Crippen molar-refractivity contribution < 1.29 is 9.90 Å². The summed E-state index contributed by atoms with van der Waals surface area (Å²) in [7, 11) is 0. The van der Waals surface area contributed by atoms with Crippen LogP contribution in [-0.2, 0) is 4.79 Å². The van der Waals surface area contributed by atoms with Gasteiger partial charge in [0.15, 0.2) is 0 Å². The molecule has 0 bridgehead atoms. The predicted octanol–water partition coefficient (Wildman–Crippen LogP) is 2.87. The second-order valence-electron chi connectivity index (χ2n) is 6.07. The van der Waals surface area contributed by atoms with Crippen LogP contribution in [0.1, 0.15) is 10.8 Å². The van der Waals surface area contributed by atoms with Crippen LogP contribution in [-0.4, -0.2) is 36.8 Å². The second kappa shape index (κ2) is 8.72. The number of rotatable bonds is 6. The number of aliphatic hydroxyl groups excluding tert-OH is 1. The summed E-state index contributed by atoms with van der Waals surface area (Å²) < 4.78 is 0. The average Bonchev–Trinajstić information content (AvgIpc) is 3.05. The smallest absolute Gasteiger partial charge is 0.238 e. The van der Waals surface area contributed by atoms with Crippen molar-refractivity contribution in [1.82, 2.24) is 10.6 Å². The van der Waals surface area contributed by atoms with Crippen LogP contribution in [0.4, 0.5) is 0 Å². The monoisotopic (exact) mass is 376 g/mol. The fourth-order valence-electron chi connectivity index (χ4n) is 2.82. The Labute approximate surface area is 157 Å². The molecule has 3 unspecified atom stereocenters. The lowest BCUT2D eigenvalue weighted by Gasteiger charge is -2.20. The minimum absolute atomic E-state index is 0.0469. The Kier molecular flexibility index (Phi) is 6.37. The summed E-state index contributed by atoms with van der Waals surface area (Å²) in [6, 6.07) is 17.2. The van der Waals surface area contributed by atoms with Gasteiger partial charge < -0.3 is 15.7 Å². The molecule has 1 saturated heterocycles. The Morgan fingerprint density at radius 2 is 1.92 bits per heavy atom. The first kappa shape index (κ1) is 18.3. The standard InChI is InChI=1S/C19H21ClN2O2S/c20-15-8-4-5-9-17(15)25-18(13-6-2-1-3-7-13)19(24)22-11-14-10-21-12-16(14)23/h1-9,14,16,18,21,23H,10-12H2,(H,22,24). The molecule has 2 aromatic carbocycles. The van der Waals surface area contributed by atoms with Gasteiger partial charge in [-0.05, 0) is 17.7 Å². The number of aliphatic hydroxyl groups is 1. The van der Waals surface area contributed by atoms with Gasteiger partial charge in [-0.2, -0.15) is 0 Å². The molecule has 1 aliphatic rings. The van der Waals surface area contributed by atoms with Gasteiger partial charge in [0.05, 0.1) is 11.1 Å². The van der Waals surface area contributed by atoms with E-state index in [0.29, 0.717) is 18.1 Å². The zero-order valence-corrected chi connectivity index (χ0v) is 15.3. The normalized spacial score (nSPS) is 21.0. The first-order valence-electron chi connectivity index (χ1n) is 8.28. The van der Waals surface area contributed by atoms with Crippen LogP contribution < -0.4 is 10.6 Å². The van der Waals surface area contributed by atoms with E-state index in [0.717, 1.165) is 17.0 Å². The number of nitrogens with one attached hydrogen (secondary N) is 2. The third-order valence-electron chi connectivity index (χ3n) is 4.26. The van der Waals surface area contributed by atoms with Gasteiger partial charge in [-0.3, -0.25) is 4.79 Å². The molecule has 1 fully saturated rings. The fraction of sp³-hybridized carbons (Fsp3) is 0.316. The van der Waals surface area contributed by atoms with Gasteiger partial charge in [-0.15, -0.1) is 11.8 Å². The molecule has 1 heterocycles. The molecular formula is C19H21ClN2O2S. The lowest BCUT2D eigenvalue weighted by atomic mass is 10.1. The number of thioether (sulfide) groups is 1. The molecule has 4 nitrogen and oxygen atoms in total. The second-order valence-corrected chi connectivity index (χ2v) is 7.62. The lowest BCUT2D eigenvalue weighted by molar-refractivity contribution is -0.120. The number of carbonyl (C=O) groups is 1. The van der Waals surface area contributed by atoms with Crippen molar-refractivity contribution in [2.24, 2.45) is 5.92 Å². The van der Waals surface area contributed by atoms with Crippen molar-refractivity contribution in [1.29, 1.82) is 0 Å². The maximum atomic E-state index is 12.8. The van der Waals surface area contributed by atoms with Crippen molar-refractivity contribution in [3.8, 4) is 0 Å². The highest BCUT2D eigenvalue weighted by atomic mass is 35.5. The zero-order valence-electron chi connectivity index (χ0n) is 13.7. The Balaban J connectivity index is 1.74. The molecule has 0 saturated carbocycles. The highest BCUT2D eigenvalue weighted by Gasteiger charge is 2.28. The highest BCUT2D eigenvalue weighted by molar-refractivity contribution is 8.00. The summed E-state index contributed by atoms with van der Waals surface area (Å²) in [5.74, 6) is -0.0269. The van der Waals surface area contributed by atoms with Gasteiger partial charge in [-0.25, -0.2) is 0 Å². The molecule has 1 amide bonds. The molecule has 3 atom stereocenters. The Morgan fingerprint density at radius 3 is 2.60 bits per heavy atom. The fourth-order valence-corrected chi connectivity index (χ4v) is 4.16. The molecule has 0 radical (unpaired) electrons. The van der Waals surface area contributed by atoms with E-state index in [1.54, 1.807) is 0 Å². The van der Waals surface area contributed by atoms with E-state index in [2.05, 4.69) is 10.6 Å². The van der Waals surface area contributed by atoms with Crippen LogP contribution in [0.15, 0.2) is 59.5 Å². The Bertz CT molecular complexity index is 714. The van der Waals surface area contributed by atoms with E-state index in [4.69, 9.17) is 11.6 Å². The average molecular weight is 377 g/mol. The van der Waals surface area contributed by atoms with Gasteiger partial charge in [0, 0.05) is 30.4 Å². The molecule has 25 heavy (non-hydrogen) atoms. The molecular weight excluding hydrogens is 356 g/mol. The van der Waals surface area contributed by atoms with Gasteiger partial charge in [0.2, 0.25) is 5.91 Å². The number of carbonyl (C=O) groups excluding carboxylic acids is 1. The van der Waals surface area contributed by atoms with Crippen LogP contribution in [0.25, 0.3) is 0 Å². The predicted molar refractivity (Wildman–Crippen MR) is 102 cm³/mol. The number of halogens is 1. The largest absolute Gasteiger partial charge is 0.391 e. The molecule has 0 aliphatic carbocycles. The molecule has 2 aromatic rings. The van der Waals surface area contributed by atoms with Crippen LogP contribution in [0.3, 0.4) is 0 Å². The number of β-amino-alcohol motifs (C(OH)–C–C–N with tert-alkyl or cyclic N) is 1.